The third kappa shape index (κ3) is 4.80. The fourth-order valence-corrected chi connectivity index (χ4v) is 3.16. The fourth-order valence-electron chi connectivity index (χ4n) is 2.29. The van der Waals surface area contributed by atoms with Crippen LogP contribution in [0.5, 0.6) is 0 Å². The van der Waals surface area contributed by atoms with Crippen LogP contribution in [0.15, 0.2) is 17.5 Å². The molecule has 0 aliphatic rings. The molecule has 0 fully saturated rings. The van der Waals surface area contributed by atoms with Crippen LogP contribution in [0.25, 0.3) is 0 Å². The Morgan fingerprint density at radius 3 is 2.40 bits per heavy atom. The van der Waals surface area contributed by atoms with Crippen LogP contribution in [-0.2, 0) is 0 Å². The Labute approximate surface area is 125 Å². The number of carbonyl (C=O) groups excluding carboxylic acids is 1. The number of amides is 2. The zero-order valence-electron chi connectivity index (χ0n) is 12.6. The number of rotatable bonds is 8. The van der Waals surface area contributed by atoms with E-state index in [0.717, 1.165) is 19.3 Å². The molecule has 20 heavy (non-hydrogen) atoms. The lowest BCUT2D eigenvalue weighted by Gasteiger charge is -2.26. The van der Waals surface area contributed by atoms with E-state index in [-0.39, 0.29) is 24.7 Å². The van der Waals surface area contributed by atoms with Crippen LogP contribution in [0.4, 0.5) is 4.79 Å². The molecule has 1 heterocycles. The zero-order valence-corrected chi connectivity index (χ0v) is 13.4. The standard InChI is InChI=1S/C15H26N2O2S/c1-4-11(5-2)14(13-8-7-9-20-13)17-15(19)16-12(6-3)10-18/h7-9,11-12,14,18H,4-6,10H2,1-3H3,(H2,16,17,19). The number of hydrogen-bond donors (Lipinski definition) is 3. The summed E-state index contributed by atoms with van der Waals surface area (Å²) < 4.78 is 0. The highest BCUT2D eigenvalue weighted by Gasteiger charge is 2.23. The molecule has 0 spiro atoms. The maximum Gasteiger partial charge on any atom is 0.315 e. The third-order valence-electron chi connectivity index (χ3n) is 3.70. The van der Waals surface area contributed by atoms with Gasteiger partial charge in [0.05, 0.1) is 18.7 Å². The van der Waals surface area contributed by atoms with Gasteiger partial charge in [0, 0.05) is 4.88 Å². The first-order valence-electron chi connectivity index (χ1n) is 7.37. The van der Waals surface area contributed by atoms with Gasteiger partial charge in [-0.05, 0) is 23.8 Å². The van der Waals surface area contributed by atoms with Gasteiger partial charge in [0.25, 0.3) is 0 Å². The lowest BCUT2D eigenvalue weighted by Crippen LogP contribution is -2.45. The van der Waals surface area contributed by atoms with E-state index in [0.29, 0.717) is 5.92 Å². The van der Waals surface area contributed by atoms with Gasteiger partial charge in [-0.3, -0.25) is 0 Å². The van der Waals surface area contributed by atoms with Crippen LogP contribution in [0, 0.1) is 5.92 Å². The first kappa shape index (κ1) is 17.0. The molecule has 0 saturated heterocycles. The molecule has 0 aromatic carbocycles. The highest BCUT2D eigenvalue weighted by atomic mass is 32.1. The summed E-state index contributed by atoms with van der Waals surface area (Å²) in [5.74, 6) is 0.425. The molecule has 1 aromatic heterocycles. The second-order valence-electron chi connectivity index (χ2n) is 4.98. The Morgan fingerprint density at radius 1 is 1.25 bits per heavy atom. The Morgan fingerprint density at radius 2 is 1.95 bits per heavy atom. The first-order chi connectivity index (χ1) is 9.65. The molecule has 0 radical (unpaired) electrons. The number of nitrogens with one attached hydrogen (secondary N) is 2. The monoisotopic (exact) mass is 298 g/mol. The molecule has 0 bridgehead atoms. The molecule has 3 N–H and O–H groups in total. The number of aliphatic hydroxyl groups excluding tert-OH is 1. The summed E-state index contributed by atoms with van der Waals surface area (Å²) in [5, 5.41) is 17.1. The van der Waals surface area contributed by atoms with Gasteiger partial charge in [-0.25, -0.2) is 4.79 Å². The van der Waals surface area contributed by atoms with Gasteiger partial charge >= 0.3 is 6.03 Å². The molecule has 0 saturated carbocycles. The summed E-state index contributed by atoms with van der Waals surface area (Å²) in [5.41, 5.74) is 0. The quantitative estimate of drug-likeness (QED) is 0.689. The van der Waals surface area contributed by atoms with Gasteiger partial charge in [-0.1, -0.05) is 39.7 Å². The summed E-state index contributed by atoms with van der Waals surface area (Å²) in [7, 11) is 0. The number of urea groups is 1. The molecule has 2 amide bonds. The predicted molar refractivity (Wildman–Crippen MR) is 84.0 cm³/mol. The molecule has 4 nitrogen and oxygen atoms in total. The molecule has 5 heteroatoms. The lowest BCUT2D eigenvalue weighted by atomic mass is 9.93. The average Bonchev–Trinajstić information content (AvgIpc) is 2.98. The van der Waals surface area contributed by atoms with Crippen molar-refractivity contribution in [3.63, 3.8) is 0 Å². The average molecular weight is 298 g/mol. The Balaban J connectivity index is 2.72. The predicted octanol–water partition coefficient (Wildman–Crippen LogP) is 3.30. The van der Waals surface area contributed by atoms with E-state index in [4.69, 9.17) is 5.11 Å². The van der Waals surface area contributed by atoms with Gasteiger partial charge in [-0.2, -0.15) is 0 Å². The summed E-state index contributed by atoms with van der Waals surface area (Å²) in [6.07, 6.45) is 2.77. The number of hydrogen-bond acceptors (Lipinski definition) is 3. The van der Waals surface area contributed by atoms with E-state index in [9.17, 15) is 4.79 Å². The van der Waals surface area contributed by atoms with Crippen molar-refractivity contribution < 1.29 is 9.90 Å². The molecule has 2 unspecified atom stereocenters. The van der Waals surface area contributed by atoms with Crippen molar-refractivity contribution in [2.75, 3.05) is 6.61 Å². The second kappa shape index (κ2) is 8.97. The van der Waals surface area contributed by atoms with Crippen molar-refractivity contribution >= 4 is 17.4 Å². The Hall–Kier alpha value is -1.07. The Bertz CT molecular complexity index is 373. The maximum absolute atomic E-state index is 12.1. The van der Waals surface area contributed by atoms with Crippen LogP contribution >= 0.6 is 11.3 Å². The summed E-state index contributed by atoms with van der Waals surface area (Å²) >= 11 is 1.67. The van der Waals surface area contributed by atoms with Gasteiger partial charge in [-0.15, -0.1) is 11.3 Å². The fraction of sp³-hybridized carbons (Fsp3) is 0.667. The molecule has 1 aromatic rings. The third-order valence-corrected chi connectivity index (χ3v) is 4.66. The zero-order chi connectivity index (χ0) is 15.0. The lowest BCUT2D eigenvalue weighted by molar-refractivity contribution is 0.207. The van der Waals surface area contributed by atoms with Gasteiger partial charge < -0.3 is 15.7 Å². The number of carbonyl (C=O) groups is 1. The van der Waals surface area contributed by atoms with Crippen molar-refractivity contribution in [1.82, 2.24) is 10.6 Å². The van der Waals surface area contributed by atoms with Gasteiger partial charge in [0.1, 0.15) is 0 Å². The molecule has 0 aliphatic carbocycles. The highest BCUT2D eigenvalue weighted by Crippen LogP contribution is 2.30. The molecule has 0 aliphatic heterocycles. The van der Waals surface area contributed by atoms with Crippen molar-refractivity contribution in [2.45, 2.75) is 52.1 Å². The minimum atomic E-state index is -0.198. The molecule has 114 valence electrons. The summed E-state index contributed by atoms with van der Waals surface area (Å²) in [6, 6.07) is 3.74. The summed E-state index contributed by atoms with van der Waals surface area (Å²) in [4.78, 5) is 13.3. The Kier molecular flexibility index (Phi) is 7.62. The molecule has 1 rings (SSSR count). The van der Waals surface area contributed by atoms with Gasteiger partial charge in [0.15, 0.2) is 0 Å². The van der Waals surface area contributed by atoms with Crippen LogP contribution in [-0.4, -0.2) is 23.8 Å². The smallest absolute Gasteiger partial charge is 0.315 e. The largest absolute Gasteiger partial charge is 0.394 e. The van der Waals surface area contributed by atoms with Crippen LogP contribution < -0.4 is 10.6 Å². The van der Waals surface area contributed by atoms with E-state index < -0.39 is 0 Å². The van der Waals surface area contributed by atoms with E-state index >= 15 is 0 Å². The molecular weight excluding hydrogens is 272 g/mol. The van der Waals surface area contributed by atoms with Crippen LogP contribution in [0.2, 0.25) is 0 Å². The van der Waals surface area contributed by atoms with E-state index in [1.807, 2.05) is 18.4 Å². The SMILES string of the molecule is CCC(CO)NC(=O)NC(c1cccs1)C(CC)CC. The number of aliphatic hydroxyl groups is 1. The van der Waals surface area contributed by atoms with Crippen molar-refractivity contribution in [1.29, 1.82) is 0 Å². The van der Waals surface area contributed by atoms with E-state index in [2.05, 4.69) is 30.5 Å². The van der Waals surface area contributed by atoms with Crippen molar-refractivity contribution in [2.24, 2.45) is 5.92 Å². The highest BCUT2D eigenvalue weighted by molar-refractivity contribution is 7.10. The minimum absolute atomic E-state index is 0.0292. The van der Waals surface area contributed by atoms with Crippen molar-refractivity contribution in [3.05, 3.63) is 22.4 Å². The van der Waals surface area contributed by atoms with Crippen molar-refractivity contribution in [3.8, 4) is 0 Å². The maximum atomic E-state index is 12.1. The van der Waals surface area contributed by atoms with E-state index in [1.165, 1.54) is 4.88 Å². The summed E-state index contributed by atoms with van der Waals surface area (Å²) in [6.45, 7) is 6.21. The van der Waals surface area contributed by atoms with E-state index in [1.54, 1.807) is 11.3 Å². The van der Waals surface area contributed by atoms with Crippen LogP contribution in [0.1, 0.15) is 51.0 Å². The topological polar surface area (TPSA) is 61.4 Å². The minimum Gasteiger partial charge on any atom is -0.394 e. The van der Waals surface area contributed by atoms with Crippen LogP contribution in [0.3, 0.4) is 0 Å². The van der Waals surface area contributed by atoms with Gasteiger partial charge in [0.2, 0.25) is 0 Å². The normalized spacial score (nSPS) is 14.1. The second-order valence-corrected chi connectivity index (χ2v) is 5.95. The number of thiophene rings is 1. The molecule has 2 atom stereocenters. The first-order valence-corrected chi connectivity index (χ1v) is 8.25. The molecular formula is C15H26N2O2S.